The number of aromatic nitrogens is 2. The maximum atomic E-state index is 13.3. The number of amides is 1. The highest BCUT2D eigenvalue weighted by molar-refractivity contribution is 6.07. The van der Waals surface area contributed by atoms with Crippen molar-refractivity contribution >= 4 is 28.2 Å². The molecule has 1 aliphatic heterocycles. The van der Waals surface area contributed by atoms with Gasteiger partial charge in [-0.25, -0.2) is 4.79 Å². The third-order valence-electron chi connectivity index (χ3n) is 5.83. The number of nitrogens with zero attached hydrogens (tertiary/aromatic N) is 2. The SMILES string of the molecule is CCn1c(=O)[nH]c2cc(C(=O)Nc3cc(C(F)(F)F)ccc3N3CCCCC3)ccc2c1=O. The molecule has 174 valence electrons. The molecule has 2 heterocycles. The highest BCUT2D eigenvalue weighted by Crippen LogP contribution is 2.36. The van der Waals surface area contributed by atoms with Crippen LogP contribution in [0.1, 0.15) is 42.1 Å². The molecule has 4 rings (SSSR count). The Bertz CT molecular complexity index is 1320. The van der Waals surface area contributed by atoms with Gasteiger partial charge < -0.3 is 15.2 Å². The molecule has 0 atom stereocenters. The monoisotopic (exact) mass is 460 g/mol. The molecule has 10 heteroatoms. The van der Waals surface area contributed by atoms with Gasteiger partial charge in [-0.15, -0.1) is 0 Å². The summed E-state index contributed by atoms with van der Waals surface area (Å²) in [6.07, 6.45) is -1.67. The molecule has 7 nitrogen and oxygen atoms in total. The number of carbonyl (C=O) groups is 1. The molecule has 0 bridgehead atoms. The van der Waals surface area contributed by atoms with Crippen LogP contribution in [0.15, 0.2) is 46.0 Å². The Hall–Kier alpha value is -3.56. The van der Waals surface area contributed by atoms with Crippen molar-refractivity contribution in [2.45, 2.75) is 38.9 Å². The van der Waals surface area contributed by atoms with Gasteiger partial charge in [-0.1, -0.05) is 0 Å². The van der Waals surface area contributed by atoms with Crippen molar-refractivity contribution in [3.8, 4) is 0 Å². The molecule has 1 aromatic heterocycles. The summed E-state index contributed by atoms with van der Waals surface area (Å²) in [6.45, 7) is 3.24. The zero-order valence-corrected chi connectivity index (χ0v) is 18.0. The van der Waals surface area contributed by atoms with Gasteiger partial charge in [-0.05, 0) is 62.6 Å². The molecule has 33 heavy (non-hydrogen) atoms. The van der Waals surface area contributed by atoms with E-state index in [0.717, 1.165) is 36.0 Å². The number of H-pyrrole nitrogens is 1. The number of halogens is 3. The maximum absolute atomic E-state index is 13.3. The molecule has 1 aliphatic rings. The number of fused-ring (bicyclic) bond motifs is 1. The van der Waals surface area contributed by atoms with Crippen LogP contribution in [-0.4, -0.2) is 28.5 Å². The van der Waals surface area contributed by atoms with Crippen LogP contribution in [0, 0.1) is 0 Å². The quantitative estimate of drug-likeness (QED) is 0.617. The normalized spacial score (nSPS) is 14.5. The average Bonchev–Trinajstić information content (AvgIpc) is 2.79. The van der Waals surface area contributed by atoms with Gasteiger partial charge in [0, 0.05) is 25.2 Å². The number of benzene rings is 2. The number of hydrogen-bond donors (Lipinski definition) is 2. The molecule has 1 fully saturated rings. The fourth-order valence-corrected chi connectivity index (χ4v) is 4.10. The summed E-state index contributed by atoms with van der Waals surface area (Å²) in [5.41, 5.74) is -1.06. The highest BCUT2D eigenvalue weighted by atomic mass is 19.4. The smallest absolute Gasteiger partial charge is 0.370 e. The Kier molecular flexibility index (Phi) is 6.01. The second kappa shape index (κ2) is 8.76. The van der Waals surface area contributed by atoms with Crippen LogP contribution in [0.4, 0.5) is 24.5 Å². The van der Waals surface area contributed by atoms with Gasteiger partial charge in [0.15, 0.2) is 0 Å². The predicted octanol–water partition coefficient (Wildman–Crippen LogP) is 3.97. The Balaban J connectivity index is 1.71. The summed E-state index contributed by atoms with van der Waals surface area (Å²) < 4.78 is 41.0. The van der Waals surface area contributed by atoms with E-state index in [1.807, 2.05) is 4.90 Å². The lowest BCUT2D eigenvalue weighted by Crippen LogP contribution is -2.34. The standard InChI is InChI=1S/C23H23F3N4O3/c1-2-30-21(32)16-8-6-14(12-17(16)28-22(30)33)20(31)27-18-13-15(23(24,25)26)7-9-19(18)29-10-4-3-5-11-29/h6-9,12-13H,2-5,10-11H2,1H3,(H,27,31)(H,28,33). The van der Waals surface area contributed by atoms with Crippen molar-refractivity contribution in [2.24, 2.45) is 0 Å². The molecule has 0 unspecified atom stereocenters. The summed E-state index contributed by atoms with van der Waals surface area (Å²) in [6, 6.07) is 7.51. The van der Waals surface area contributed by atoms with Gasteiger partial charge in [-0.3, -0.25) is 14.2 Å². The number of piperidine rings is 1. The first-order valence-electron chi connectivity index (χ1n) is 10.7. The lowest BCUT2D eigenvalue weighted by Gasteiger charge is -2.31. The van der Waals surface area contributed by atoms with E-state index in [9.17, 15) is 27.6 Å². The van der Waals surface area contributed by atoms with Crippen LogP contribution in [-0.2, 0) is 12.7 Å². The summed E-state index contributed by atoms with van der Waals surface area (Å²) in [5.74, 6) is -0.644. The Morgan fingerprint density at radius 2 is 1.79 bits per heavy atom. The van der Waals surface area contributed by atoms with E-state index < -0.39 is 28.9 Å². The fraction of sp³-hybridized carbons (Fsp3) is 0.348. The summed E-state index contributed by atoms with van der Waals surface area (Å²) in [7, 11) is 0. The summed E-state index contributed by atoms with van der Waals surface area (Å²) in [4.78, 5) is 42.0. The minimum absolute atomic E-state index is 0.0618. The van der Waals surface area contributed by atoms with E-state index in [2.05, 4.69) is 10.3 Å². The van der Waals surface area contributed by atoms with E-state index in [0.29, 0.717) is 18.8 Å². The molecular weight excluding hydrogens is 437 g/mol. The van der Waals surface area contributed by atoms with Crippen LogP contribution in [0.2, 0.25) is 0 Å². The first-order chi connectivity index (χ1) is 15.7. The molecular formula is C23H23F3N4O3. The van der Waals surface area contributed by atoms with Gasteiger partial charge >= 0.3 is 11.9 Å². The van der Waals surface area contributed by atoms with E-state index >= 15 is 0 Å². The zero-order chi connectivity index (χ0) is 23.8. The number of carbonyl (C=O) groups excluding carboxylic acids is 1. The van der Waals surface area contributed by atoms with Crippen molar-refractivity contribution in [3.63, 3.8) is 0 Å². The van der Waals surface area contributed by atoms with E-state index in [4.69, 9.17) is 0 Å². The number of anilines is 2. The topological polar surface area (TPSA) is 87.2 Å². The first kappa shape index (κ1) is 22.6. The molecule has 1 amide bonds. The lowest BCUT2D eigenvalue weighted by atomic mass is 10.1. The number of rotatable bonds is 4. The number of hydrogen-bond acceptors (Lipinski definition) is 4. The lowest BCUT2D eigenvalue weighted by molar-refractivity contribution is -0.137. The minimum Gasteiger partial charge on any atom is -0.370 e. The molecule has 2 aromatic carbocycles. The van der Waals surface area contributed by atoms with E-state index in [1.54, 1.807) is 6.92 Å². The highest BCUT2D eigenvalue weighted by Gasteiger charge is 2.32. The van der Waals surface area contributed by atoms with Gasteiger partial charge in [0.2, 0.25) is 0 Å². The molecule has 0 radical (unpaired) electrons. The average molecular weight is 460 g/mol. The third kappa shape index (κ3) is 4.50. The molecule has 1 saturated heterocycles. The Morgan fingerprint density at radius 3 is 2.45 bits per heavy atom. The van der Waals surface area contributed by atoms with Crippen LogP contribution in [0.5, 0.6) is 0 Å². The van der Waals surface area contributed by atoms with Crippen molar-refractivity contribution < 1.29 is 18.0 Å². The fourth-order valence-electron chi connectivity index (χ4n) is 4.10. The first-order valence-corrected chi connectivity index (χ1v) is 10.7. The second-order valence-corrected chi connectivity index (χ2v) is 7.97. The van der Waals surface area contributed by atoms with Crippen molar-refractivity contribution in [3.05, 3.63) is 68.4 Å². The summed E-state index contributed by atoms with van der Waals surface area (Å²) >= 11 is 0. The van der Waals surface area contributed by atoms with Crippen LogP contribution in [0.25, 0.3) is 10.9 Å². The number of aromatic amines is 1. The maximum Gasteiger partial charge on any atom is 0.416 e. The number of alkyl halides is 3. The van der Waals surface area contributed by atoms with Crippen molar-refractivity contribution in [1.29, 1.82) is 0 Å². The predicted molar refractivity (Wildman–Crippen MR) is 120 cm³/mol. The second-order valence-electron chi connectivity index (χ2n) is 7.97. The van der Waals surface area contributed by atoms with Crippen LogP contribution in [0.3, 0.4) is 0 Å². The van der Waals surface area contributed by atoms with Crippen molar-refractivity contribution in [1.82, 2.24) is 9.55 Å². The molecule has 0 aliphatic carbocycles. The van der Waals surface area contributed by atoms with Gasteiger partial charge in [0.1, 0.15) is 0 Å². The van der Waals surface area contributed by atoms with Gasteiger partial charge in [-0.2, -0.15) is 13.2 Å². The molecule has 0 saturated carbocycles. The zero-order valence-electron chi connectivity index (χ0n) is 18.0. The third-order valence-corrected chi connectivity index (χ3v) is 5.83. The Labute approximate surface area is 186 Å². The largest absolute Gasteiger partial charge is 0.416 e. The van der Waals surface area contributed by atoms with Crippen molar-refractivity contribution in [2.75, 3.05) is 23.3 Å². The van der Waals surface area contributed by atoms with E-state index in [-0.39, 0.29) is 28.7 Å². The number of nitrogens with one attached hydrogen (secondary N) is 2. The van der Waals surface area contributed by atoms with Gasteiger partial charge in [0.05, 0.1) is 27.8 Å². The molecule has 3 aromatic rings. The van der Waals surface area contributed by atoms with Gasteiger partial charge in [0.25, 0.3) is 11.5 Å². The van der Waals surface area contributed by atoms with Crippen LogP contribution >= 0.6 is 0 Å². The van der Waals surface area contributed by atoms with Crippen LogP contribution < -0.4 is 21.5 Å². The minimum atomic E-state index is -4.55. The van der Waals surface area contributed by atoms with E-state index in [1.165, 1.54) is 24.3 Å². The Morgan fingerprint density at radius 1 is 1.06 bits per heavy atom. The molecule has 0 spiro atoms. The molecule has 2 N–H and O–H groups in total. The summed E-state index contributed by atoms with van der Waals surface area (Å²) in [5, 5.41) is 2.83.